The van der Waals surface area contributed by atoms with Crippen molar-refractivity contribution in [2.45, 2.75) is 45.0 Å². The lowest BCUT2D eigenvalue weighted by Gasteiger charge is -2.24. The Morgan fingerprint density at radius 3 is 2.70 bits per heavy atom. The van der Waals surface area contributed by atoms with Gasteiger partial charge >= 0.3 is 6.61 Å². The van der Waals surface area contributed by atoms with Crippen LogP contribution in [0.4, 0.5) is 8.78 Å². The Morgan fingerprint density at radius 2 is 2.05 bits per heavy atom. The second kappa shape index (κ2) is 6.99. The molecule has 1 saturated carbocycles. The molecule has 1 aromatic rings. The van der Waals surface area contributed by atoms with E-state index >= 15 is 0 Å². The fourth-order valence-electron chi connectivity index (χ4n) is 2.26. The fourth-order valence-corrected chi connectivity index (χ4v) is 2.26. The molecule has 1 aliphatic carbocycles. The number of rotatable bonds is 8. The van der Waals surface area contributed by atoms with E-state index in [0.717, 1.165) is 18.2 Å². The largest absolute Gasteiger partial charge is 0.434 e. The summed E-state index contributed by atoms with van der Waals surface area (Å²) in [6.07, 6.45) is 2.57. The Bertz CT molecular complexity index is 424. The quantitative estimate of drug-likeness (QED) is 0.794. The Morgan fingerprint density at radius 1 is 1.35 bits per heavy atom. The molecule has 0 amide bonds. The maximum Gasteiger partial charge on any atom is 0.387 e. The third-order valence-corrected chi connectivity index (χ3v) is 3.76. The average molecular weight is 284 g/mol. The van der Waals surface area contributed by atoms with Gasteiger partial charge in [0.2, 0.25) is 0 Å². The standard InChI is InChI=1S/C15H22F2N2O/c1-11(19(2)13-7-8-13)9-18-10-12-5-3-4-6-14(12)20-15(16)17/h3-6,11,13,15,18H,7-10H2,1-2H3. The van der Waals surface area contributed by atoms with Crippen LogP contribution in [0.25, 0.3) is 0 Å². The zero-order valence-corrected chi connectivity index (χ0v) is 12.0. The molecule has 3 nitrogen and oxygen atoms in total. The number of halogens is 2. The van der Waals surface area contributed by atoms with Crippen LogP contribution in [0.3, 0.4) is 0 Å². The minimum absolute atomic E-state index is 0.248. The van der Waals surface area contributed by atoms with E-state index in [-0.39, 0.29) is 5.75 Å². The summed E-state index contributed by atoms with van der Waals surface area (Å²) in [4.78, 5) is 2.37. The SMILES string of the molecule is CC(CNCc1ccccc1OC(F)F)N(C)C1CC1. The monoisotopic (exact) mass is 284 g/mol. The molecule has 5 heteroatoms. The molecule has 1 unspecified atom stereocenters. The van der Waals surface area contributed by atoms with Gasteiger partial charge in [0.15, 0.2) is 0 Å². The number of nitrogens with one attached hydrogen (secondary N) is 1. The van der Waals surface area contributed by atoms with Crippen LogP contribution >= 0.6 is 0 Å². The van der Waals surface area contributed by atoms with Gasteiger partial charge in [0.25, 0.3) is 0 Å². The summed E-state index contributed by atoms with van der Waals surface area (Å²) in [6.45, 7) is 0.755. The predicted molar refractivity (Wildman–Crippen MR) is 75.0 cm³/mol. The second-order valence-electron chi connectivity index (χ2n) is 5.36. The first-order valence-electron chi connectivity index (χ1n) is 7.03. The molecule has 1 N–H and O–H groups in total. The molecule has 1 atom stereocenters. The van der Waals surface area contributed by atoms with Crippen LogP contribution in [-0.2, 0) is 6.54 Å². The first-order chi connectivity index (χ1) is 9.58. The lowest BCUT2D eigenvalue weighted by Crippen LogP contribution is -2.38. The van der Waals surface area contributed by atoms with E-state index < -0.39 is 6.61 Å². The van der Waals surface area contributed by atoms with Crippen molar-refractivity contribution in [2.24, 2.45) is 0 Å². The Hall–Kier alpha value is -1.20. The van der Waals surface area contributed by atoms with E-state index in [4.69, 9.17) is 0 Å². The van der Waals surface area contributed by atoms with Crippen molar-refractivity contribution in [1.82, 2.24) is 10.2 Å². The van der Waals surface area contributed by atoms with Gasteiger partial charge in [0.05, 0.1) is 0 Å². The van der Waals surface area contributed by atoms with Crippen molar-refractivity contribution in [3.05, 3.63) is 29.8 Å². The van der Waals surface area contributed by atoms with Crippen LogP contribution < -0.4 is 10.1 Å². The van der Waals surface area contributed by atoms with E-state index in [9.17, 15) is 8.78 Å². The molecule has 0 spiro atoms. The molecule has 1 aliphatic rings. The molecule has 0 bridgehead atoms. The van der Waals surface area contributed by atoms with Gasteiger partial charge in [-0.3, -0.25) is 4.90 Å². The van der Waals surface area contributed by atoms with Crippen LogP contribution in [0.15, 0.2) is 24.3 Å². The first-order valence-corrected chi connectivity index (χ1v) is 7.03. The van der Waals surface area contributed by atoms with E-state index in [0.29, 0.717) is 12.6 Å². The molecule has 1 aromatic carbocycles. The number of para-hydroxylation sites is 1. The molecule has 0 aliphatic heterocycles. The van der Waals surface area contributed by atoms with Crippen LogP contribution in [0.2, 0.25) is 0 Å². The Balaban J connectivity index is 1.81. The lowest BCUT2D eigenvalue weighted by molar-refractivity contribution is -0.0505. The van der Waals surface area contributed by atoms with Gasteiger partial charge in [-0.2, -0.15) is 8.78 Å². The van der Waals surface area contributed by atoms with Crippen molar-refractivity contribution < 1.29 is 13.5 Å². The van der Waals surface area contributed by atoms with Crippen molar-refractivity contribution in [3.8, 4) is 5.75 Å². The number of hydrogen-bond acceptors (Lipinski definition) is 3. The van der Waals surface area contributed by atoms with E-state index in [1.807, 2.05) is 6.07 Å². The van der Waals surface area contributed by atoms with E-state index in [2.05, 4.69) is 28.9 Å². The minimum Gasteiger partial charge on any atom is -0.434 e. The Kier molecular flexibility index (Phi) is 5.31. The molecule has 112 valence electrons. The highest BCUT2D eigenvalue weighted by atomic mass is 19.3. The summed E-state index contributed by atoms with van der Waals surface area (Å²) in [6, 6.07) is 8.06. The molecule has 0 heterocycles. The summed E-state index contributed by atoms with van der Waals surface area (Å²) in [5.41, 5.74) is 0.758. The number of hydrogen-bond donors (Lipinski definition) is 1. The van der Waals surface area contributed by atoms with Gasteiger partial charge in [-0.1, -0.05) is 18.2 Å². The van der Waals surface area contributed by atoms with Crippen LogP contribution in [0, 0.1) is 0 Å². The zero-order chi connectivity index (χ0) is 14.5. The first kappa shape index (κ1) is 15.2. The fraction of sp³-hybridized carbons (Fsp3) is 0.600. The average Bonchev–Trinajstić information content (AvgIpc) is 3.23. The smallest absolute Gasteiger partial charge is 0.387 e. The van der Waals surface area contributed by atoms with Gasteiger partial charge in [0, 0.05) is 30.7 Å². The van der Waals surface area contributed by atoms with Gasteiger partial charge in [-0.15, -0.1) is 0 Å². The zero-order valence-electron chi connectivity index (χ0n) is 12.0. The topological polar surface area (TPSA) is 24.5 Å². The molecule has 1 fully saturated rings. The molecule has 0 saturated heterocycles. The highest BCUT2D eigenvalue weighted by Gasteiger charge is 2.28. The predicted octanol–water partition coefficient (Wildman–Crippen LogP) is 2.86. The molecular formula is C15H22F2N2O. The maximum absolute atomic E-state index is 12.3. The molecule has 20 heavy (non-hydrogen) atoms. The minimum atomic E-state index is -2.78. The maximum atomic E-state index is 12.3. The second-order valence-corrected chi connectivity index (χ2v) is 5.36. The van der Waals surface area contributed by atoms with Gasteiger partial charge in [-0.25, -0.2) is 0 Å². The third kappa shape index (κ3) is 4.42. The summed E-state index contributed by atoms with van der Waals surface area (Å²) in [5.74, 6) is 0.248. The van der Waals surface area contributed by atoms with E-state index in [1.165, 1.54) is 12.8 Å². The summed E-state index contributed by atoms with van der Waals surface area (Å²) in [7, 11) is 2.14. The van der Waals surface area contributed by atoms with Crippen molar-refractivity contribution in [1.29, 1.82) is 0 Å². The van der Waals surface area contributed by atoms with Crippen LogP contribution in [-0.4, -0.2) is 37.2 Å². The summed E-state index contributed by atoms with van der Waals surface area (Å²) >= 11 is 0. The number of alkyl halides is 2. The Labute approximate surface area is 118 Å². The van der Waals surface area contributed by atoms with Gasteiger partial charge in [0.1, 0.15) is 5.75 Å². The number of ether oxygens (including phenoxy) is 1. The van der Waals surface area contributed by atoms with Crippen LogP contribution in [0.1, 0.15) is 25.3 Å². The molecule has 2 rings (SSSR count). The van der Waals surface area contributed by atoms with Crippen molar-refractivity contribution in [3.63, 3.8) is 0 Å². The third-order valence-electron chi connectivity index (χ3n) is 3.76. The molecule has 0 aromatic heterocycles. The number of benzene rings is 1. The number of nitrogens with zero attached hydrogens (tertiary/aromatic N) is 1. The molecule has 0 radical (unpaired) electrons. The highest BCUT2D eigenvalue weighted by Crippen LogP contribution is 2.26. The van der Waals surface area contributed by atoms with Gasteiger partial charge < -0.3 is 10.1 Å². The lowest BCUT2D eigenvalue weighted by atomic mass is 10.2. The summed E-state index contributed by atoms with van der Waals surface area (Å²) in [5, 5.41) is 3.31. The van der Waals surface area contributed by atoms with Gasteiger partial charge in [-0.05, 0) is 32.9 Å². The molecular weight excluding hydrogens is 262 g/mol. The normalized spacial score (nSPS) is 16.7. The number of likely N-dealkylation sites (N-methyl/N-ethyl adjacent to an activating group) is 1. The van der Waals surface area contributed by atoms with Crippen LogP contribution in [0.5, 0.6) is 5.75 Å². The van der Waals surface area contributed by atoms with Crippen molar-refractivity contribution in [2.75, 3.05) is 13.6 Å². The summed E-state index contributed by atoms with van der Waals surface area (Å²) < 4.78 is 29.1. The highest BCUT2D eigenvalue weighted by molar-refractivity contribution is 5.33. The van der Waals surface area contributed by atoms with Crippen molar-refractivity contribution >= 4 is 0 Å². The van der Waals surface area contributed by atoms with E-state index in [1.54, 1.807) is 18.2 Å².